The minimum atomic E-state index is -0.295. The summed E-state index contributed by atoms with van der Waals surface area (Å²) < 4.78 is 5.59. The number of carbonyl (C=O) groups excluding carboxylic acids is 2. The highest BCUT2D eigenvalue weighted by Crippen LogP contribution is 2.26. The van der Waals surface area contributed by atoms with E-state index >= 15 is 0 Å². The first-order chi connectivity index (χ1) is 14.6. The fraction of sp³-hybridized carbons (Fsp3) is 0.227. The second-order valence-electron chi connectivity index (χ2n) is 7.05. The molecule has 1 unspecified atom stereocenters. The van der Waals surface area contributed by atoms with E-state index in [1.165, 1.54) is 0 Å². The summed E-state index contributed by atoms with van der Waals surface area (Å²) in [7, 11) is 0. The van der Waals surface area contributed by atoms with Gasteiger partial charge in [0.25, 0.3) is 5.91 Å². The van der Waals surface area contributed by atoms with Crippen LogP contribution in [-0.2, 0) is 16.1 Å². The van der Waals surface area contributed by atoms with E-state index in [0.29, 0.717) is 29.5 Å². The van der Waals surface area contributed by atoms with Crippen molar-refractivity contribution in [3.05, 3.63) is 76.9 Å². The Labute approximate surface area is 179 Å². The Kier molecular flexibility index (Phi) is 6.11. The molecular formula is C22H21ClN4O3. The lowest BCUT2D eigenvalue weighted by molar-refractivity contribution is -0.149. The summed E-state index contributed by atoms with van der Waals surface area (Å²) in [5, 5.41) is 10.3. The van der Waals surface area contributed by atoms with Crippen LogP contribution in [0.5, 0.6) is 0 Å². The monoisotopic (exact) mass is 424 g/mol. The van der Waals surface area contributed by atoms with Crippen molar-refractivity contribution in [1.29, 1.82) is 0 Å². The summed E-state index contributed by atoms with van der Waals surface area (Å²) >= 11 is 6.19. The van der Waals surface area contributed by atoms with Gasteiger partial charge in [-0.25, -0.2) is 0 Å². The first-order valence-corrected chi connectivity index (χ1v) is 10.00. The second-order valence-corrected chi connectivity index (χ2v) is 7.46. The van der Waals surface area contributed by atoms with Crippen molar-refractivity contribution in [3.63, 3.8) is 0 Å². The van der Waals surface area contributed by atoms with Gasteiger partial charge < -0.3 is 15.0 Å². The molecule has 154 valence electrons. The number of aromatic nitrogens is 2. The minimum Gasteiger partial charge on any atom is -0.365 e. The number of hydrogen-bond acceptors (Lipinski definition) is 4. The lowest BCUT2D eigenvalue weighted by Gasteiger charge is -2.32. The number of rotatable bonds is 6. The van der Waals surface area contributed by atoms with Crippen molar-refractivity contribution < 1.29 is 14.3 Å². The van der Waals surface area contributed by atoms with Gasteiger partial charge in [0.05, 0.1) is 16.8 Å². The topological polar surface area (TPSA) is 87.3 Å². The van der Waals surface area contributed by atoms with Crippen LogP contribution in [0.25, 0.3) is 11.3 Å². The van der Waals surface area contributed by atoms with Gasteiger partial charge in [0.15, 0.2) is 0 Å². The normalized spacial score (nSPS) is 16.5. The van der Waals surface area contributed by atoms with Crippen LogP contribution in [-0.4, -0.2) is 52.7 Å². The quantitative estimate of drug-likeness (QED) is 0.637. The summed E-state index contributed by atoms with van der Waals surface area (Å²) in [6, 6.07) is 18.8. The number of nitrogens with one attached hydrogen (secondary N) is 2. The number of morpholine rings is 1. The van der Waals surface area contributed by atoms with Crippen LogP contribution in [0.4, 0.5) is 0 Å². The predicted octanol–water partition coefficient (Wildman–Crippen LogP) is 2.89. The summed E-state index contributed by atoms with van der Waals surface area (Å²) in [4.78, 5) is 26.4. The Hall–Kier alpha value is -3.16. The average molecular weight is 425 g/mol. The maximum absolute atomic E-state index is 12.5. The van der Waals surface area contributed by atoms with E-state index in [0.717, 1.165) is 11.1 Å². The van der Waals surface area contributed by atoms with Crippen molar-refractivity contribution in [2.75, 3.05) is 19.7 Å². The van der Waals surface area contributed by atoms with Crippen molar-refractivity contribution in [1.82, 2.24) is 20.4 Å². The first kappa shape index (κ1) is 20.1. The molecule has 2 amide bonds. The zero-order valence-corrected chi connectivity index (χ0v) is 16.9. The maximum Gasteiger partial charge on any atom is 0.269 e. The fourth-order valence-corrected chi connectivity index (χ4v) is 3.54. The van der Waals surface area contributed by atoms with Gasteiger partial charge in [0, 0.05) is 25.2 Å². The molecule has 1 aliphatic heterocycles. The Morgan fingerprint density at radius 3 is 2.77 bits per heavy atom. The van der Waals surface area contributed by atoms with E-state index in [1.807, 2.05) is 48.5 Å². The average Bonchev–Trinajstić information content (AvgIpc) is 3.25. The van der Waals surface area contributed by atoms with Gasteiger partial charge in [0.2, 0.25) is 5.91 Å². The molecule has 0 spiro atoms. The van der Waals surface area contributed by atoms with Gasteiger partial charge in [0.1, 0.15) is 12.3 Å². The molecule has 1 saturated heterocycles. The number of nitrogens with zero attached hydrogens (tertiary/aromatic N) is 2. The lowest BCUT2D eigenvalue weighted by Crippen LogP contribution is -2.50. The molecule has 2 aromatic carbocycles. The van der Waals surface area contributed by atoms with Crippen molar-refractivity contribution in [3.8, 4) is 11.3 Å². The molecule has 1 atom stereocenters. The largest absolute Gasteiger partial charge is 0.365 e. The SMILES string of the molecule is O=C(NCC1CN(Cc2ccccc2)C(=O)CO1)c1cc(-c2ccccc2Cl)n[nH]1. The summed E-state index contributed by atoms with van der Waals surface area (Å²) in [5.41, 5.74) is 2.73. The number of aromatic amines is 1. The zero-order valence-electron chi connectivity index (χ0n) is 16.2. The Bertz CT molecular complexity index is 1040. The van der Waals surface area contributed by atoms with Gasteiger partial charge >= 0.3 is 0 Å². The van der Waals surface area contributed by atoms with Gasteiger partial charge in [-0.3, -0.25) is 14.7 Å². The van der Waals surface area contributed by atoms with Crippen LogP contribution in [0.2, 0.25) is 5.02 Å². The molecule has 3 aromatic rings. The molecule has 2 heterocycles. The number of halogens is 1. The van der Waals surface area contributed by atoms with Crippen molar-refractivity contribution in [2.24, 2.45) is 0 Å². The summed E-state index contributed by atoms with van der Waals surface area (Å²) in [6.45, 7) is 1.24. The molecule has 1 aliphatic rings. The molecule has 30 heavy (non-hydrogen) atoms. The molecular weight excluding hydrogens is 404 g/mol. The molecule has 8 heteroatoms. The molecule has 1 aromatic heterocycles. The van der Waals surface area contributed by atoms with Crippen LogP contribution >= 0.6 is 11.6 Å². The number of benzene rings is 2. The third-order valence-electron chi connectivity index (χ3n) is 4.90. The fourth-order valence-electron chi connectivity index (χ4n) is 3.31. The smallest absolute Gasteiger partial charge is 0.269 e. The van der Waals surface area contributed by atoms with E-state index in [4.69, 9.17) is 16.3 Å². The van der Waals surface area contributed by atoms with Crippen LogP contribution in [0.1, 0.15) is 16.1 Å². The molecule has 0 bridgehead atoms. The van der Waals surface area contributed by atoms with E-state index < -0.39 is 0 Å². The zero-order chi connectivity index (χ0) is 20.9. The lowest BCUT2D eigenvalue weighted by atomic mass is 10.1. The van der Waals surface area contributed by atoms with E-state index in [2.05, 4.69) is 15.5 Å². The summed E-state index contributed by atoms with van der Waals surface area (Å²) in [5.74, 6) is -0.352. The highest BCUT2D eigenvalue weighted by Gasteiger charge is 2.27. The van der Waals surface area contributed by atoms with Gasteiger partial charge in [-0.1, -0.05) is 60.1 Å². The highest BCUT2D eigenvalue weighted by atomic mass is 35.5. The van der Waals surface area contributed by atoms with E-state index in [1.54, 1.807) is 17.0 Å². The van der Waals surface area contributed by atoms with Crippen molar-refractivity contribution >= 4 is 23.4 Å². The highest BCUT2D eigenvalue weighted by molar-refractivity contribution is 6.33. The third-order valence-corrected chi connectivity index (χ3v) is 5.23. The number of H-pyrrole nitrogens is 1. The molecule has 2 N–H and O–H groups in total. The molecule has 0 saturated carbocycles. The van der Waals surface area contributed by atoms with Crippen LogP contribution in [0, 0.1) is 0 Å². The van der Waals surface area contributed by atoms with Gasteiger partial charge in [-0.05, 0) is 17.7 Å². The van der Waals surface area contributed by atoms with E-state index in [9.17, 15) is 9.59 Å². The maximum atomic E-state index is 12.5. The minimum absolute atomic E-state index is 0.00802. The van der Waals surface area contributed by atoms with Crippen LogP contribution in [0.3, 0.4) is 0 Å². The second kappa shape index (κ2) is 9.11. The van der Waals surface area contributed by atoms with Crippen LogP contribution in [0.15, 0.2) is 60.7 Å². The predicted molar refractivity (Wildman–Crippen MR) is 113 cm³/mol. The summed E-state index contributed by atoms with van der Waals surface area (Å²) in [6.07, 6.45) is -0.277. The third kappa shape index (κ3) is 4.69. The molecule has 7 nitrogen and oxygen atoms in total. The Morgan fingerprint density at radius 2 is 1.97 bits per heavy atom. The Morgan fingerprint density at radius 1 is 1.20 bits per heavy atom. The molecule has 4 rings (SSSR count). The Balaban J connectivity index is 1.34. The van der Waals surface area contributed by atoms with Crippen molar-refractivity contribution in [2.45, 2.75) is 12.6 Å². The number of hydrogen-bond donors (Lipinski definition) is 2. The number of amides is 2. The molecule has 1 fully saturated rings. The van der Waals surface area contributed by atoms with E-state index in [-0.39, 0.29) is 31.1 Å². The molecule has 0 aliphatic carbocycles. The van der Waals surface area contributed by atoms with Gasteiger partial charge in [-0.15, -0.1) is 0 Å². The standard InChI is InChI=1S/C22H21ClN4O3/c23-18-9-5-4-8-17(18)19-10-20(26-25-19)22(29)24-11-16-13-27(21(28)14-30-16)12-15-6-2-1-3-7-15/h1-10,16H,11-14H2,(H,24,29)(H,25,26). The first-order valence-electron chi connectivity index (χ1n) is 9.62. The van der Waals surface area contributed by atoms with Gasteiger partial charge in [-0.2, -0.15) is 5.10 Å². The van der Waals surface area contributed by atoms with Crippen LogP contribution < -0.4 is 5.32 Å². The number of ether oxygens (including phenoxy) is 1. The number of carbonyl (C=O) groups is 2. The molecule has 0 radical (unpaired) electrons.